The second-order valence-electron chi connectivity index (χ2n) is 10.5. The zero-order chi connectivity index (χ0) is 20.2. The molecule has 7 heteroatoms. The van der Waals surface area contributed by atoms with Crippen molar-refractivity contribution in [2.24, 2.45) is 5.41 Å². The van der Waals surface area contributed by atoms with Gasteiger partial charge in [-0.15, -0.1) is 0 Å². The molecule has 2 bridgehead atoms. The van der Waals surface area contributed by atoms with Gasteiger partial charge in [0.2, 0.25) is 0 Å². The summed E-state index contributed by atoms with van der Waals surface area (Å²) in [6.45, 7) is 17.6. The number of rotatable bonds is 4. The Bertz CT molecular complexity index is 582. The minimum absolute atomic E-state index is 0.121. The highest BCUT2D eigenvalue weighted by molar-refractivity contribution is 6.74. The number of fused-ring (bicyclic) bond motifs is 1. The van der Waals surface area contributed by atoms with E-state index in [9.17, 15) is 9.59 Å². The molecule has 1 saturated carbocycles. The van der Waals surface area contributed by atoms with Crippen molar-refractivity contribution >= 4 is 20.4 Å². The first-order valence-electron chi connectivity index (χ1n) is 9.31. The van der Waals surface area contributed by atoms with Crippen molar-refractivity contribution in [3.8, 4) is 0 Å². The zero-order valence-corrected chi connectivity index (χ0v) is 18.8. The molecule has 2 heterocycles. The van der Waals surface area contributed by atoms with Gasteiger partial charge in [-0.05, 0) is 51.7 Å². The molecule has 0 aromatic heterocycles. The Morgan fingerprint density at radius 3 is 2.04 bits per heavy atom. The van der Waals surface area contributed by atoms with Crippen LogP contribution in [0.2, 0.25) is 18.1 Å². The number of esters is 1. The van der Waals surface area contributed by atoms with E-state index in [1.807, 2.05) is 20.8 Å². The van der Waals surface area contributed by atoms with E-state index in [0.29, 0.717) is 26.0 Å². The van der Waals surface area contributed by atoms with Gasteiger partial charge in [0.1, 0.15) is 11.1 Å². The highest BCUT2D eigenvalue weighted by Gasteiger charge is 2.72. The number of carbonyl (C=O) groups is 2. The molecule has 0 N–H and O–H groups in total. The van der Waals surface area contributed by atoms with E-state index in [1.165, 1.54) is 7.11 Å². The molecule has 1 amide bonds. The minimum Gasteiger partial charge on any atom is -0.467 e. The lowest BCUT2D eigenvalue weighted by atomic mass is 9.62. The predicted molar refractivity (Wildman–Crippen MR) is 103 cm³/mol. The van der Waals surface area contributed by atoms with Crippen molar-refractivity contribution in [2.75, 3.05) is 20.3 Å². The van der Waals surface area contributed by atoms with Crippen LogP contribution in [0.5, 0.6) is 0 Å². The fraction of sp³-hybridized carbons (Fsp3) is 0.895. The second kappa shape index (κ2) is 6.23. The fourth-order valence-electron chi connectivity index (χ4n) is 3.68. The molecule has 2 saturated heterocycles. The van der Waals surface area contributed by atoms with Gasteiger partial charge in [-0.3, -0.25) is 4.90 Å². The average molecular weight is 386 g/mol. The summed E-state index contributed by atoms with van der Waals surface area (Å²) in [5, 5.41) is 0.121. The average Bonchev–Trinajstić information content (AvgIpc) is 2.93. The van der Waals surface area contributed by atoms with E-state index >= 15 is 0 Å². The predicted octanol–water partition coefficient (Wildman–Crippen LogP) is 3.95. The summed E-state index contributed by atoms with van der Waals surface area (Å²) in [5.74, 6) is -0.358. The SMILES string of the molecule is COC(=O)C12CC(CO[Si](C)(C)C(C)(C)C)(CN1C(=O)OC(C)(C)C)C2. The van der Waals surface area contributed by atoms with Gasteiger partial charge in [0.25, 0.3) is 0 Å². The number of amides is 1. The molecule has 0 atom stereocenters. The maximum Gasteiger partial charge on any atom is 0.411 e. The molecule has 3 aliphatic rings. The molecule has 1 aliphatic carbocycles. The molecule has 150 valence electrons. The van der Waals surface area contributed by atoms with Crippen molar-refractivity contribution in [1.82, 2.24) is 4.90 Å². The van der Waals surface area contributed by atoms with Gasteiger partial charge in [0.15, 0.2) is 8.32 Å². The lowest BCUT2D eigenvalue weighted by Crippen LogP contribution is -2.59. The van der Waals surface area contributed by atoms with Crippen molar-refractivity contribution in [2.45, 2.75) is 83.7 Å². The Balaban J connectivity index is 2.16. The minimum atomic E-state index is -1.89. The van der Waals surface area contributed by atoms with Gasteiger partial charge in [-0.2, -0.15) is 0 Å². The smallest absolute Gasteiger partial charge is 0.411 e. The molecule has 0 aromatic carbocycles. The summed E-state index contributed by atoms with van der Waals surface area (Å²) in [7, 11) is -0.523. The van der Waals surface area contributed by atoms with Gasteiger partial charge in [0.05, 0.1) is 7.11 Å². The van der Waals surface area contributed by atoms with E-state index in [-0.39, 0.29) is 16.4 Å². The van der Waals surface area contributed by atoms with Gasteiger partial charge >= 0.3 is 12.1 Å². The molecular weight excluding hydrogens is 350 g/mol. The third-order valence-corrected chi connectivity index (χ3v) is 10.5. The topological polar surface area (TPSA) is 65.1 Å². The molecule has 0 unspecified atom stereocenters. The van der Waals surface area contributed by atoms with Crippen LogP contribution in [-0.2, 0) is 18.7 Å². The van der Waals surface area contributed by atoms with Crippen LogP contribution >= 0.6 is 0 Å². The van der Waals surface area contributed by atoms with Crippen LogP contribution in [0.4, 0.5) is 4.79 Å². The van der Waals surface area contributed by atoms with Gasteiger partial charge in [-0.25, -0.2) is 9.59 Å². The summed E-state index contributed by atoms with van der Waals surface area (Å²) in [6, 6.07) is 0. The number of nitrogens with zero attached hydrogens (tertiary/aromatic N) is 1. The van der Waals surface area contributed by atoms with Crippen molar-refractivity contribution < 1.29 is 23.5 Å². The summed E-state index contributed by atoms with van der Waals surface area (Å²) in [5.41, 5.74) is -1.68. The van der Waals surface area contributed by atoms with Crippen LogP contribution in [0.25, 0.3) is 0 Å². The van der Waals surface area contributed by atoms with Crippen LogP contribution in [0.1, 0.15) is 54.4 Å². The molecule has 0 aromatic rings. The summed E-state index contributed by atoms with van der Waals surface area (Å²) < 4.78 is 17.0. The van der Waals surface area contributed by atoms with E-state index in [4.69, 9.17) is 13.9 Å². The summed E-state index contributed by atoms with van der Waals surface area (Å²) >= 11 is 0. The Labute approximate surface area is 158 Å². The Morgan fingerprint density at radius 2 is 1.62 bits per heavy atom. The summed E-state index contributed by atoms with van der Waals surface area (Å²) in [6.07, 6.45) is 0.718. The van der Waals surface area contributed by atoms with Gasteiger partial charge < -0.3 is 13.9 Å². The highest BCUT2D eigenvalue weighted by Crippen LogP contribution is 2.60. The molecule has 3 rings (SSSR count). The van der Waals surface area contributed by atoms with E-state index < -0.39 is 25.6 Å². The Hall–Kier alpha value is -1.08. The maximum atomic E-state index is 12.7. The molecular formula is C19H35NO5Si. The Kier molecular flexibility index (Phi) is 5.08. The number of hydrogen-bond acceptors (Lipinski definition) is 5. The van der Waals surface area contributed by atoms with Crippen LogP contribution < -0.4 is 0 Å². The fourth-order valence-corrected chi connectivity index (χ4v) is 4.78. The van der Waals surface area contributed by atoms with E-state index in [1.54, 1.807) is 4.90 Å². The molecule has 0 radical (unpaired) electrons. The van der Waals surface area contributed by atoms with Crippen LogP contribution in [0, 0.1) is 5.41 Å². The number of ether oxygens (including phenoxy) is 2. The third kappa shape index (κ3) is 3.65. The number of hydrogen-bond donors (Lipinski definition) is 0. The summed E-state index contributed by atoms with van der Waals surface area (Å²) in [4.78, 5) is 26.7. The van der Waals surface area contributed by atoms with Gasteiger partial charge in [-0.1, -0.05) is 20.8 Å². The Morgan fingerprint density at radius 1 is 1.08 bits per heavy atom. The largest absolute Gasteiger partial charge is 0.467 e. The molecule has 3 fully saturated rings. The van der Waals surface area contributed by atoms with Crippen LogP contribution in [0.3, 0.4) is 0 Å². The maximum absolute atomic E-state index is 12.7. The molecule has 0 spiro atoms. The standard InChI is InChI=1S/C19H35NO5Si/c1-16(2,3)25-15(22)20-12-18(10-19(20,11-18)14(21)23-7)13-24-26(8,9)17(4,5)6/h10-13H2,1-9H3. The lowest BCUT2D eigenvalue weighted by molar-refractivity contribution is -0.159. The molecule has 26 heavy (non-hydrogen) atoms. The van der Waals surface area contributed by atoms with Crippen LogP contribution in [-0.4, -0.2) is 56.7 Å². The zero-order valence-electron chi connectivity index (χ0n) is 17.8. The van der Waals surface area contributed by atoms with Crippen LogP contribution in [0.15, 0.2) is 0 Å². The monoisotopic (exact) mass is 385 g/mol. The first kappa shape index (κ1) is 21.2. The number of carbonyl (C=O) groups excluding carboxylic acids is 2. The first-order chi connectivity index (χ1) is 11.6. The first-order valence-corrected chi connectivity index (χ1v) is 12.2. The van der Waals surface area contributed by atoms with Crippen molar-refractivity contribution in [3.05, 3.63) is 0 Å². The second-order valence-corrected chi connectivity index (χ2v) is 15.3. The molecule has 2 aliphatic heterocycles. The quantitative estimate of drug-likeness (QED) is 0.541. The van der Waals surface area contributed by atoms with Crippen molar-refractivity contribution in [3.63, 3.8) is 0 Å². The van der Waals surface area contributed by atoms with Crippen molar-refractivity contribution in [1.29, 1.82) is 0 Å². The van der Waals surface area contributed by atoms with E-state index in [2.05, 4.69) is 33.9 Å². The lowest BCUT2D eigenvalue weighted by Gasteiger charge is -2.47. The molecule has 6 nitrogen and oxygen atoms in total. The van der Waals surface area contributed by atoms with Gasteiger partial charge in [0, 0.05) is 18.6 Å². The van der Waals surface area contributed by atoms with E-state index in [0.717, 1.165) is 0 Å². The normalized spacial score (nSPS) is 28.6. The number of methoxy groups -OCH3 is 1. The third-order valence-electron chi connectivity index (χ3n) is 6.07. The highest BCUT2D eigenvalue weighted by atomic mass is 28.4.